The largest absolute Gasteiger partial charge is 0.494 e. The van der Waals surface area contributed by atoms with E-state index in [1.807, 2.05) is 72.3 Å². The molecule has 2 aromatic heterocycles. The van der Waals surface area contributed by atoms with E-state index in [4.69, 9.17) is 14.0 Å². The standard InChI is InChI=1S/C22H20N4O3/c1-2-27-18-10-8-15(9-11-18)20-13-26-17(14-28-20)12-19(24-26)22-23-21(25-29-22)16-6-4-3-5-7-16/h3-12,20H,2,13-14H2,1H3/t20-/m1/s1. The third-order valence-corrected chi connectivity index (χ3v) is 4.87. The van der Waals surface area contributed by atoms with Crippen molar-refractivity contribution >= 4 is 0 Å². The minimum absolute atomic E-state index is 0.0616. The number of fused-ring (bicyclic) bond motifs is 1. The first-order valence-corrected chi connectivity index (χ1v) is 9.61. The number of ether oxygens (including phenoxy) is 2. The first kappa shape index (κ1) is 17.6. The summed E-state index contributed by atoms with van der Waals surface area (Å²) in [5.41, 5.74) is 3.65. The Bertz CT molecular complexity index is 1100. The zero-order valence-corrected chi connectivity index (χ0v) is 16.0. The second-order valence-electron chi connectivity index (χ2n) is 6.79. The van der Waals surface area contributed by atoms with Crippen LogP contribution in [-0.4, -0.2) is 26.5 Å². The minimum atomic E-state index is -0.0616. The van der Waals surface area contributed by atoms with Crippen LogP contribution >= 0.6 is 0 Å². The van der Waals surface area contributed by atoms with E-state index in [9.17, 15) is 0 Å². The smallest absolute Gasteiger partial charge is 0.278 e. The molecule has 7 nitrogen and oxygen atoms in total. The van der Waals surface area contributed by atoms with Gasteiger partial charge < -0.3 is 14.0 Å². The number of benzene rings is 2. The van der Waals surface area contributed by atoms with E-state index in [1.54, 1.807) is 0 Å². The van der Waals surface area contributed by atoms with Crippen molar-refractivity contribution in [2.45, 2.75) is 26.2 Å². The highest BCUT2D eigenvalue weighted by Crippen LogP contribution is 2.30. The molecule has 7 heteroatoms. The first-order valence-electron chi connectivity index (χ1n) is 9.61. The second-order valence-corrected chi connectivity index (χ2v) is 6.79. The van der Waals surface area contributed by atoms with Crippen LogP contribution in [0.25, 0.3) is 23.0 Å². The molecule has 1 atom stereocenters. The predicted molar refractivity (Wildman–Crippen MR) is 106 cm³/mol. The van der Waals surface area contributed by atoms with Crippen molar-refractivity contribution in [3.05, 3.63) is 71.9 Å². The zero-order valence-electron chi connectivity index (χ0n) is 16.0. The fraction of sp³-hybridized carbons (Fsp3) is 0.227. The SMILES string of the molecule is CCOc1ccc([C@H]2Cn3nc(-c4nc(-c5ccccc5)no4)cc3CO2)cc1. The van der Waals surface area contributed by atoms with Crippen LogP contribution in [0, 0.1) is 0 Å². The van der Waals surface area contributed by atoms with Crippen molar-refractivity contribution in [2.24, 2.45) is 0 Å². The summed E-state index contributed by atoms with van der Waals surface area (Å²) in [4.78, 5) is 4.49. The van der Waals surface area contributed by atoms with Gasteiger partial charge in [-0.1, -0.05) is 47.6 Å². The van der Waals surface area contributed by atoms with E-state index >= 15 is 0 Å². The molecule has 1 aliphatic rings. The summed E-state index contributed by atoms with van der Waals surface area (Å²) in [6, 6.07) is 19.7. The molecule has 0 N–H and O–H groups in total. The number of hydrogen-bond acceptors (Lipinski definition) is 6. The van der Waals surface area contributed by atoms with Crippen LogP contribution in [0.5, 0.6) is 5.75 Å². The summed E-state index contributed by atoms with van der Waals surface area (Å²) in [6.07, 6.45) is -0.0616. The lowest BCUT2D eigenvalue weighted by molar-refractivity contribution is -0.00115. The topological polar surface area (TPSA) is 75.2 Å². The number of aromatic nitrogens is 4. The maximum absolute atomic E-state index is 6.05. The average Bonchev–Trinajstić information content (AvgIpc) is 3.42. The molecule has 3 heterocycles. The fourth-order valence-electron chi connectivity index (χ4n) is 3.41. The summed E-state index contributed by atoms with van der Waals surface area (Å²) in [7, 11) is 0. The van der Waals surface area contributed by atoms with Gasteiger partial charge in [-0.25, -0.2) is 0 Å². The van der Waals surface area contributed by atoms with Crippen LogP contribution in [0.3, 0.4) is 0 Å². The predicted octanol–water partition coefficient (Wildman–Crippen LogP) is 4.27. The van der Waals surface area contributed by atoms with E-state index in [0.29, 0.717) is 37.2 Å². The summed E-state index contributed by atoms with van der Waals surface area (Å²) < 4.78 is 18.9. The van der Waals surface area contributed by atoms with Crippen LogP contribution in [0.2, 0.25) is 0 Å². The molecule has 0 saturated heterocycles. The molecule has 29 heavy (non-hydrogen) atoms. The molecule has 146 valence electrons. The number of hydrogen-bond donors (Lipinski definition) is 0. The van der Waals surface area contributed by atoms with Gasteiger partial charge in [0.25, 0.3) is 5.89 Å². The summed E-state index contributed by atoms with van der Waals surface area (Å²) in [5, 5.41) is 8.74. The third kappa shape index (κ3) is 3.52. The van der Waals surface area contributed by atoms with Gasteiger partial charge in [0.05, 0.1) is 25.5 Å². The molecule has 0 unspecified atom stereocenters. The molecule has 0 aliphatic carbocycles. The van der Waals surface area contributed by atoms with Gasteiger partial charge in [0.1, 0.15) is 11.9 Å². The molecule has 5 rings (SSSR count). The third-order valence-electron chi connectivity index (χ3n) is 4.87. The van der Waals surface area contributed by atoms with Gasteiger partial charge in [0.2, 0.25) is 5.82 Å². The van der Waals surface area contributed by atoms with E-state index in [0.717, 1.165) is 22.6 Å². The van der Waals surface area contributed by atoms with Crippen molar-refractivity contribution < 1.29 is 14.0 Å². The quantitative estimate of drug-likeness (QED) is 0.508. The number of nitrogens with zero attached hydrogens (tertiary/aromatic N) is 4. The Kier molecular flexibility index (Phi) is 4.57. The Morgan fingerprint density at radius 3 is 2.72 bits per heavy atom. The van der Waals surface area contributed by atoms with Crippen LogP contribution < -0.4 is 4.74 Å². The fourth-order valence-corrected chi connectivity index (χ4v) is 3.41. The molecular weight excluding hydrogens is 368 g/mol. The highest BCUT2D eigenvalue weighted by Gasteiger charge is 2.24. The Labute approximate surface area is 167 Å². The molecule has 0 spiro atoms. The average molecular weight is 388 g/mol. The van der Waals surface area contributed by atoms with Crippen LogP contribution in [0.1, 0.15) is 24.3 Å². The van der Waals surface area contributed by atoms with Gasteiger partial charge in [-0.05, 0) is 30.7 Å². The lowest BCUT2D eigenvalue weighted by Crippen LogP contribution is -2.21. The normalized spacial score (nSPS) is 15.8. The lowest BCUT2D eigenvalue weighted by atomic mass is 10.1. The van der Waals surface area contributed by atoms with Gasteiger partial charge in [-0.3, -0.25) is 4.68 Å². The van der Waals surface area contributed by atoms with Crippen LogP contribution in [0.15, 0.2) is 65.2 Å². The van der Waals surface area contributed by atoms with E-state index < -0.39 is 0 Å². The van der Waals surface area contributed by atoms with Crippen molar-refractivity contribution in [2.75, 3.05) is 6.61 Å². The molecule has 0 bridgehead atoms. The van der Waals surface area contributed by atoms with Crippen LogP contribution in [0.4, 0.5) is 0 Å². The molecule has 0 amide bonds. The molecule has 0 saturated carbocycles. The monoisotopic (exact) mass is 388 g/mol. The Morgan fingerprint density at radius 2 is 1.93 bits per heavy atom. The van der Waals surface area contributed by atoms with Gasteiger partial charge >= 0.3 is 0 Å². The second kappa shape index (κ2) is 7.52. The maximum Gasteiger partial charge on any atom is 0.278 e. The molecule has 2 aromatic carbocycles. The van der Waals surface area contributed by atoms with E-state index in [-0.39, 0.29) is 6.10 Å². The molecule has 0 radical (unpaired) electrons. The van der Waals surface area contributed by atoms with Crippen LogP contribution in [-0.2, 0) is 17.9 Å². The Hall–Kier alpha value is -3.45. The zero-order chi connectivity index (χ0) is 19.6. The summed E-state index contributed by atoms with van der Waals surface area (Å²) in [5.74, 6) is 1.82. The molecule has 4 aromatic rings. The van der Waals surface area contributed by atoms with Gasteiger partial charge in [0, 0.05) is 5.56 Å². The maximum atomic E-state index is 6.05. The minimum Gasteiger partial charge on any atom is -0.494 e. The van der Waals surface area contributed by atoms with Gasteiger partial charge in [0.15, 0.2) is 5.69 Å². The highest BCUT2D eigenvalue weighted by atomic mass is 16.5. The summed E-state index contributed by atoms with van der Waals surface area (Å²) in [6.45, 7) is 3.73. The van der Waals surface area contributed by atoms with E-state index in [2.05, 4.69) is 15.2 Å². The van der Waals surface area contributed by atoms with Gasteiger partial charge in [-0.15, -0.1) is 0 Å². The molecule has 1 aliphatic heterocycles. The van der Waals surface area contributed by atoms with Gasteiger partial charge in [-0.2, -0.15) is 10.1 Å². The lowest BCUT2D eigenvalue weighted by Gasteiger charge is -2.24. The molecule has 0 fully saturated rings. The van der Waals surface area contributed by atoms with Crippen molar-refractivity contribution in [1.29, 1.82) is 0 Å². The summed E-state index contributed by atoms with van der Waals surface area (Å²) >= 11 is 0. The Morgan fingerprint density at radius 1 is 1.10 bits per heavy atom. The molecular formula is C22H20N4O3. The van der Waals surface area contributed by atoms with Crippen molar-refractivity contribution in [3.63, 3.8) is 0 Å². The van der Waals surface area contributed by atoms with Crippen molar-refractivity contribution in [3.8, 4) is 28.7 Å². The van der Waals surface area contributed by atoms with Crippen molar-refractivity contribution in [1.82, 2.24) is 19.9 Å². The number of rotatable bonds is 5. The van der Waals surface area contributed by atoms with E-state index in [1.165, 1.54) is 0 Å². The Balaban J connectivity index is 1.35. The highest BCUT2D eigenvalue weighted by molar-refractivity contribution is 5.57. The first-order chi connectivity index (χ1) is 14.3.